The molecule has 6 nitrogen and oxygen atoms in total. The molecule has 2 aliphatic heterocycles. The number of nitrogens with zero attached hydrogens (tertiary/aromatic N) is 4. The number of carbonyl (C=O) groups is 1. The summed E-state index contributed by atoms with van der Waals surface area (Å²) in [5.41, 5.74) is 5.54. The highest BCUT2D eigenvalue weighted by Crippen LogP contribution is 2.43. The number of aromatic nitrogens is 4. The van der Waals surface area contributed by atoms with Crippen LogP contribution in [0.2, 0.25) is 0 Å². The Labute approximate surface area is 187 Å². The maximum absolute atomic E-state index is 13.3. The topological polar surface area (TPSA) is 66.8 Å². The van der Waals surface area contributed by atoms with Gasteiger partial charge in [-0.1, -0.05) is 36.4 Å². The summed E-state index contributed by atoms with van der Waals surface area (Å²) < 4.78 is 2.32. The molecule has 0 aliphatic carbocycles. The second-order valence-electron chi connectivity index (χ2n) is 9.07. The summed E-state index contributed by atoms with van der Waals surface area (Å²) in [5.74, 6) is 0.303. The highest BCUT2D eigenvalue weighted by molar-refractivity contribution is 5.82. The molecule has 2 aromatic heterocycles. The Morgan fingerprint density at radius 3 is 2.66 bits per heavy atom. The van der Waals surface area contributed by atoms with Gasteiger partial charge < -0.3 is 9.47 Å². The fraction of sp³-hybridized carbons (Fsp3) is 0.346. The van der Waals surface area contributed by atoms with Crippen molar-refractivity contribution >= 4 is 16.9 Å². The summed E-state index contributed by atoms with van der Waals surface area (Å²) in [5, 5.41) is 6.93. The molecule has 2 aliphatic rings. The molecular weight excluding hydrogens is 398 g/mol. The van der Waals surface area contributed by atoms with E-state index in [4.69, 9.17) is 4.98 Å². The third-order valence-corrected chi connectivity index (χ3v) is 7.31. The first kappa shape index (κ1) is 19.3. The number of carbonyl (C=O) groups excluding carboxylic acids is 1. The van der Waals surface area contributed by atoms with Gasteiger partial charge in [0.05, 0.1) is 35.6 Å². The van der Waals surface area contributed by atoms with E-state index in [0.717, 1.165) is 54.3 Å². The molecule has 6 heteroatoms. The molecule has 162 valence electrons. The van der Waals surface area contributed by atoms with Gasteiger partial charge >= 0.3 is 0 Å². The molecule has 1 amide bonds. The number of piperidine rings is 1. The first-order chi connectivity index (χ1) is 15.8. The van der Waals surface area contributed by atoms with Crippen molar-refractivity contribution in [3.8, 4) is 11.1 Å². The number of rotatable bonds is 5. The van der Waals surface area contributed by atoms with E-state index in [2.05, 4.69) is 50.0 Å². The molecule has 4 heterocycles. The van der Waals surface area contributed by atoms with Crippen LogP contribution in [0.5, 0.6) is 0 Å². The van der Waals surface area contributed by atoms with Crippen molar-refractivity contribution in [3.05, 3.63) is 72.8 Å². The van der Waals surface area contributed by atoms with Gasteiger partial charge in [0.2, 0.25) is 5.91 Å². The lowest BCUT2D eigenvalue weighted by Crippen LogP contribution is -2.48. The standard InChI is InChI=1S/C26H27N5O/c32-26(13-6-18-4-2-1-3-5-18)31-21-8-11-24(25(31)12-9-21)30-17-27-22-14-19(7-10-23(22)30)20-15-28-29-16-20/h1-5,7,10,14-17,21,24-25H,6,8-9,11-13H2,(H,28,29). The average molecular weight is 426 g/mol. The fourth-order valence-electron chi connectivity index (χ4n) is 5.75. The lowest BCUT2D eigenvalue weighted by molar-refractivity contribution is -0.136. The van der Waals surface area contributed by atoms with Crippen LogP contribution in [-0.2, 0) is 11.2 Å². The fourth-order valence-corrected chi connectivity index (χ4v) is 5.75. The molecule has 4 aromatic rings. The summed E-state index contributed by atoms with van der Waals surface area (Å²) in [6, 6.07) is 17.7. The number of amides is 1. The van der Waals surface area contributed by atoms with Crippen LogP contribution in [0.3, 0.4) is 0 Å². The van der Waals surface area contributed by atoms with Gasteiger partial charge in [0, 0.05) is 24.2 Å². The summed E-state index contributed by atoms with van der Waals surface area (Å²) in [4.78, 5) is 20.2. The minimum atomic E-state index is 0.267. The van der Waals surface area contributed by atoms with Gasteiger partial charge in [0.1, 0.15) is 0 Å². The highest BCUT2D eigenvalue weighted by Gasteiger charge is 2.45. The Bertz CT molecular complexity index is 1230. The Hall–Kier alpha value is -3.41. The van der Waals surface area contributed by atoms with Crippen molar-refractivity contribution in [1.29, 1.82) is 0 Å². The largest absolute Gasteiger partial charge is 0.335 e. The molecule has 2 fully saturated rings. The third-order valence-electron chi connectivity index (χ3n) is 7.31. The van der Waals surface area contributed by atoms with Crippen molar-refractivity contribution in [2.24, 2.45) is 0 Å². The van der Waals surface area contributed by atoms with Crippen LogP contribution >= 0.6 is 0 Å². The van der Waals surface area contributed by atoms with Gasteiger partial charge in [0.15, 0.2) is 0 Å². The molecule has 2 aromatic carbocycles. The monoisotopic (exact) mass is 425 g/mol. The van der Waals surface area contributed by atoms with Crippen LogP contribution in [0.1, 0.15) is 43.7 Å². The van der Waals surface area contributed by atoms with Gasteiger partial charge in [-0.2, -0.15) is 5.10 Å². The average Bonchev–Trinajstić information content (AvgIpc) is 3.57. The molecule has 3 unspecified atom stereocenters. The van der Waals surface area contributed by atoms with Gasteiger partial charge in [-0.25, -0.2) is 4.98 Å². The SMILES string of the molecule is O=C(CCc1ccccc1)N1C2CCC1C(n1cnc3cc(-c4cn[nH]c4)ccc31)CC2. The molecule has 2 bridgehead atoms. The number of benzene rings is 2. The summed E-state index contributed by atoms with van der Waals surface area (Å²) in [6.45, 7) is 0. The first-order valence-electron chi connectivity index (χ1n) is 11.6. The van der Waals surface area contributed by atoms with Crippen molar-refractivity contribution in [2.45, 2.75) is 56.7 Å². The predicted molar refractivity (Wildman–Crippen MR) is 124 cm³/mol. The van der Waals surface area contributed by atoms with Gasteiger partial charge in [-0.3, -0.25) is 9.89 Å². The van der Waals surface area contributed by atoms with Crippen LogP contribution in [0.25, 0.3) is 22.2 Å². The molecule has 32 heavy (non-hydrogen) atoms. The van der Waals surface area contributed by atoms with Crippen LogP contribution in [0, 0.1) is 0 Å². The number of nitrogens with one attached hydrogen (secondary N) is 1. The van der Waals surface area contributed by atoms with Gasteiger partial charge in [-0.15, -0.1) is 0 Å². The summed E-state index contributed by atoms with van der Waals surface area (Å²) >= 11 is 0. The van der Waals surface area contributed by atoms with Crippen LogP contribution < -0.4 is 0 Å². The molecule has 1 N–H and O–H groups in total. The van der Waals surface area contributed by atoms with Crippen molar-refractivity contribution in [1.82, 2.24) is 24.6 Å². The smallest absolute Gasteiger partial charge is 0.223 e. The molecule has 0 spiro atoms. The number of aromatic amines is 1. The minimum Gasteiger partial charge on any atom is -0.335 e. The number of imidazole rings is 1. The zero-order valence-corrected chi connectivity index (χ0v) is 18.0. The summed E-state index contributed by atoms with van der Waals surface area (Å²) in [6.07, 6.45) is 11.5. The van der Waals surface area contributed by atoms with Crippen molar-refractivity contribution in [2.75, 3.05) is 0 Å². The molecule has 6 rings (SSSR count). The number of fused-ring (bicyclic) bond motifs is 3. The maximum Gasteiger partial charge on any atom is 0.223 e. The first-order valence-corrected chi connectivity index (χ1v) is 11.6. The van der Waals surface area contributed by atoms with E-state index in [1.54, 1.807) is 0 Å². The Morgan fingerprint density at radius 2 is 1.84 bits per heavy atom. The molecule has 0 radical (unpaired) electrons. The second kappa shape index (κ2) is 7.93. The van der Waals surface area contributed by atoms with Crippen LogP contribution in [-0.4, -0.2) is 42.6 Å². The normalized spacial score (nSPS) is 22.5. The molecule has 0 saturated carbocycles. The quantitative estimate of drug-likeness (QED) is 0.502. The van der Waals surface area contributed by atoms with Crippen LogP contribution in [0.15, 0.2) is 67.3 Å². The highest BCUT2D eigenvalue weighted by atomic mass is 16.2. The zero-order chi connectivity index (χ0) is 21.5. The zero-order valence-electron chi connectivity index (χ0n) is 18.0. The number of aryl methyl sites for hydroxylation is 1. The van der Waals surface area contributed by atoms with E-state index in [0.29, 0.717) is 24.4 Å². The lowest BCUT2D eigenvalue weighted by atomic mass is 9.95. The van der Waals surface area contributed by atoms with Gasteiger partial charge in [-0.05, 0) is 55.4 Å². The van der Waals surface area contributed by atoms with Gasteiger partial charge in [0.25, 0.3) is 0 Å². The summed E-state index contributed by atoms with van der Waals surface area (Å²) in [7, 11) is 0. The second-order valence-corrected chi connectivity index (χ2v) is 9.07. The lowest BCUT2D eigenvalue weighted by Gasteiger charge is -2.41. The Morgan fingerprint density at radius 1 is 1.00 bits per heavy atom. The van der Waals surface area contributed by atoms with E-state index >= 15 is 0 Å². The number of hydrogen-bond acceptors (Lipinski definition) is 3. The molecule has 3 atom stereocenters. The van der Waals surface area contributed by atoms with Crippen molar-refractivity contribution < 1.29 is 4.79 Å². The maximum atomic E-state index is 13.3. The third kappa shape index (κ3) is 3.30. The Balaban J connectivity index is 1.24. The minimum absolute atomic E-state index is 0.267. The number of H-pyrrole nitrogens is 1. The van der Waals surface area contributed by atoms with E-state index in [1.165, 1.54) is 5.56 Å². The number of hydrogen-bond donors (Lipinski definition) is 1. The Kier molecular flexibility index (Phi) is 4.78. The van der Waals surface area contributed by atoms with Crippen LogP contribution in [0.4, 0.5) is 0 Å². The predicted octanol–water partition coefficient (Wildman–Crippen LogP) is 4.75. The van der Waals surface area contributed by atoms with E-state index in [-0.39, 0.29) is 6.04 Å². The molecular formula is C26H27N5O. The van der Waals surface area contributed by atoms with E-state index < -0.39 is 0 Å². The van der Waals surface area contributed by atoms with E-state index in [1.807, 2.05) is 36.9 Å². The molecule has 2 saturated heterocycles. The van der Waals surface area contributed by atoms with E-state index in [9.17, 15) is 4.79 Å². The van der Waals surface area contributed by atoms with Crippen molar-refractivity contribution in [3.63, 3.8) is 0 Å².